The van der Waals surface area contributed by atoms with Gasteiger partial charge in [0.15, 0.2) is 0 Å². The second-order valence-electron chi connectivity index (χ2n) is 5.82. The molecule has 0 radical (unpaired) electrons. The first-order valence-electron chi connectivity index (χ1n) is 8.36. The summed E-state index contributed by atoms with van der Waals surface area (Å²) in [5.74, 6) is 1.04. The number of morpholine rings is 1. The van der Waals surface area contributed by atoms with Crippen molar-refractivity contribution in [3.8, 4) is 11.4 Å². The molecule has 0 bridgehead atoms. The molecular weight excluding hydrogens is 435 g/mol. The molecule has 7 nitrogen and oxygen atoms in total. The number of amides is 1. The van der Waals surface area contributed by atoms with Crippen LogP contribution in [0.15, 0.2) is 28.8 Å². The normalized spacial score (nSPS) is 15.2. The van der Waals surface area contributed by atoms with Crippen molar-refractivity contribution >= 4 is 28.5 Å². The molecule has 2 heterocycles. The van der Waals surface area contributed by atoms with Gasteiger partial charge in [-0.1, -0.05) is 17.3 Å². The highest BCUT2D eigenvalue weighted by Gasteiger charge is 2.12. The molecule has 0 saturated carbocycles. The second-order valence-corrected chi connectivity index (χ2v) is 7.07. The molecule has 134 valence electrons. The smallest absolute Gasteiger partial charge is 0.227 e. The Morgan fingerprint density at radius 3 is 2.76 bits per heavy atom. The van der Waals surface area contributed by atoms with Crippen molar-refractivity contribution in [2.45, 2.75) is 12.8 Å². The van der Waals surface area contributed by atoms with Crippen molar-refractivity contribution < 1.29 is 14.1 Å². The zero-order valence-corrected chi connectivity index (χ0v) is 16.1. The first kappa shape index (κ1) is 18.3. The van der Waals surface area contributed by atoms with E-state index in [0.717, 1.165) is 42.0 Å². The third-order valence-electron chi connectivity index (χ3n) is 3.99. The molecule has 1 saturated heterocycles. The predicted molar refractivity (Wildman–Crippen MR) is 101 cm³/mol. The number of aryl methyl sites for hydroxylation is 1. The number of hydrogen-bond donors (Lipinski definition) is 1. The van der Waals surface area contributed by atoms with E-state index in [-0.39, 0.29) is 5.91 Å². The Labute approximate surface area is 160 Å². The summed E-state index contributed by atoms with van der Waals surface area (Å²) in [5.41, 5.74) is 0.908. The summed E-state index contributed by atoms with van der Waals surface area (Å²) < 4.78 is 11.7. The molecule has 25 heavy (non-hydrogen) atoms. The summed E-state index contributed by atoms with van der Waals surface area (Å²) in [7, 11) is 0. The van der Waals surface area contributed by atoms with E-state index in [1.54, 1.807) is 0 Å². The van der Waals surface area contributed by atoms with Crippen LogP contribution in [0.3, 0.4) is 0 Å². The molecule has 1 aromatic heterocycles. The van der Waals surface area contributed by atoms with E-state index in [1.165, 1.54) is 0 Å². The number of nitrogens with zero attached hydrogens (tertiary/aromatic N) is 3. The monoisotopic (exact) mass is 456 g/mol. The SMILES string of the molecule is O=C(CCc1nc(-c2ccc(I)cc2)no1)NCCN1CCOCC1. The lowest BCUT2D eigenvalue weighted by molar-refractivity contribution is -0.121. The maximum absolute atomic E-state index is 11.9. The highest BCUT2D eigenvalue weighted by molar-refractivity contribution is 14.1. The highest BCUT2D eigenvalue weighted by atomic mass is 127. The van der Waals surface area contributed by atoms with Crippen LogP contribution in [0.1, 0.15) is 12.3 Å². The Kier molecular flexibility index (Phi) is 6.76. The fourth-order valence-electron chi connectivity index (χ4n) is 2.56. The van der Waals surface area contributed by atoms with Crippen molar-refractivity contribution in [3.63, 3.8) is 0 Å². The fraction of sp³-hybridized carbons (Fsp3) is 0.471. The van der Waals surface area contributed by atoms with Crippen LogP contribution in [0.2, 0.25) is 0 Å². The number of benzene rings is 1. The van der Waals surface area contributed by atoms with Gasteiger partial charge in [-0.15, -0.1) is 0 Å². The van der Waals surface area contributed by atoms with Crippen molar-refractivity contribution in [2.75, 3.05) is 39.4 Å². The average molecular weight is 456 g/mol. The Bertz CT molecular complexity index is 683. The van der Waals surface area contributed by atoms with Gasteiger partial charge in [0.25, 0.3) is 0 Å². The molecule has 0 unspecified atom stereocenters. The van der Waals surface area contributed by atoms with E-state index in [1.807, 2.05) is 24.3 Å². The molecular formula is C17H21IN4O3. The van der Waals surface area contributed by atoms with E-state index in [4.69, 9.17) is 9.26 Å². The van der Waals surface area contributed by atoms with Crippen molar-refractivity contribution in [3.05, 3.63) is 33.7 Å². The van der Waals surface area contributed by atoms with Crippen LogP contribution < -0.4 is 5.32 Å². The standard InChI is InChI=1S/C17H21IN4O3/c18-14-3-1-13(2-4-14)17-20-16(25-21-17)6-5-15(23)19-7-8-22-9-11-24-12-10-22/h1-4H,5-12H2,(H,19,23). The van der Waals surface area contributed by atoms with Crippen LogP contribution in [0, 0.1) is 3.57 Å². The minimum Gasteiger partial charge on any atom is -0.379 e. The Hall–Kier alpha value is -1.52. The van der Waals surface area contributed by atoms with Crippen LogP contribution in [0.5, 0.6) is 0 Å². The highest BCUT2D eigenvalue weighted by Crippen LogP contribution is 2.17. The summed E-state index contributed by atoms with van der Waals surface area (Å²) in [4.78, 5) is 18.6. The lowest BCUT2D eigenvalue weighted by Crippen LogP contribution is -2.41. The summed E-state index contributed by atoms with van der Waals surface area (Å²) >= 11 is 2.25. The Morgan fingerprint density at radius 2 is 2.00 bits per heavy atom. The summed E-state index contributed by atoms with van der Waals surface area (Å²) in [5, 5.41) is 6.91. The van der Waals surface area contributed by atoms with E-state index < -0.39 is 0 Å². The molecule has 8 heteroatoms. The van der Waals surface area contributed by atoms with Crippen LogP contribution >= 0.6 is 22.6 Å². The Morgan fingerprint density at radius 1 is 1.24 bits per heavy atom. The zero-order chi connectivity index (χ0) is 17.5. The number of carbonyl (C=O) groups is 1. The van der Waals surface area contributed by atoms with E-state index in [2.05, 4.69) is 42.9 Å². The first-order valence-corrected chi connectivity index (χ1v) is 9.44. The molecule has 2 aromatic rings. The van der Waals surface area contributed by atoms with Gasteiger partial charge < -0.3 is 14.6 Å². The van der Waals surface area contributed by atoms with Crippen LogP contribution in [-0.4, -0.2) is 60.3 Å². The van der Waals surface area contributed by atoms with E-state index in [0.29, 0.717) is 31.1 Å². The molecule has 1 aliphatic heterocycles. The van der Waals surface area contributed by atoms with Crippen LogP contribution in [0.25, 0.3) is 11.4 Å². The molecule has 3 rings (SSSR count). The summed E-state index contributed by atoms with van der Waals surface area (Å²) in [6.07, 6.45) is 0.790. The van der Waals surface area contributed by atoms with Crippen molar-refractivity contribution in [2.24, 2.45) is 0 Å². The predicted octanol–water partition coefficient (Wildman–Crippen LogP) is 1.72. The minimum absolute atomic E-state index is 0.00211. The molecule has 1 amide bonds. The molecule has 1 N–H and O–H groups in total. The molecule has 1 fully saturated rings. The van der Waals surface area contributed by atoms with Gasteiger partial charge in [0.05, 0.1) is 13.2 Å². The number of halogens is 1. The summed E-state index contributed by atoms with van der Waals surface area (Å²) in [6, 6.07) is 7.89. The maximum atomic E-state index is 11.9. The third kappa shape index (κ3) is 5.75. The minimum atomic E-state index is 0.00211. The van der Waals surface area contributed by atoms with Gasteiger partial charge in [0, 0.05) is 48.2 Å². The Balaban J connectivity index is 1.39. The number of ether oxygens (including phenoxy) is 1. The molecule has 0 aliphatic carbocycles. The topological polar surface area (TPSA) is 80.5 Å². The van der Waals surface area contributed by atoms with Gasteiger partial charge in [-0.2, -0.15) is 4.98 Å². The van der Waals surface area contributed by atoms with Gasteiger partial charge >= 0.3 is 0 Å². The van der Waals surface area contributed by atoms with Gasteiger partial charge in [-0.25, -0.2) is 0 Å². The second kappa shape index (κ2) is 9.25. The molecule has 0 atom stereocenters. The van der Waals surface area contributed by atoms with Gasteiger partial charge in [-0.3, -0.25) is 9.69 Å². The lowest BCUT2D eigenvalue weighted by atomic mass is 10.2. The quantitative estimate of drug-likeness (QED) is 0.640. The van der Waals surface area contributed by atoms with Gasteiger partial charge in [0.2, 0.25) is 17.6 Å². The number of rotatable bonds is 7. The zero-order valence-electron chi connectivity index (χ0n) is 13.9. The number of nitrogens with one attached hydrogen (secondary N) is 1. The number of hydrogen-bond acceptors (Lipinski definition) is 6. The van der Waals surface area contributed by atoms with Gasteiger partial charge in [-0.05, 0) is 34.7 Å². The average Bonchev–Trinajstić information content (AvgIpc) is 3.10. The maximum Gasteiger partial charge on any atom is 0.227 e. The van der Waals surface area contributed by atoms with Crippen LogP contribution in [0.4, 0.5) is 0 Å². The van der Waals surface area contributed by atoms with Crippen LogP contribution in [-0.2, 0) is 16.0 Å². The number of carbonyl (C=O) groups excluding carboxylic acids is 1. The first-order chi connectivity index (χ1) is 12.2. The fourth-order valence-corrected chi connectivity index (χ4v) is 2.92. The largest absolute Gasteiger partial charge is 0.379 e. The summed E-state index contributed by atoms with van der Waals surface area (Å²) in [6.45, 7) is 4.91. The lowest BCUT2D eigenvalue weighted by Gasteiger charge is -2.26. The molecule has 1 aliphatic rings. The third-order valence-corrected chi connectivity index (χ3v) is 4.71. The van der Waals surface area contributed by atoms with E-state index >= 15 is 0 Å². The van der Waals surface area contributed by atoms with Gasteiger partial charge in [0.1, 0.15) is 0 Å². The molecule has 1 aromatic carbocycles. The van der Waals surface area contributed by atoms with E-state index in [9.17, 15) is 4.79 Å². The molecule has 0 spiro atoms. The van der Waals surface area contributed by atoms with Crippen molar-refractivity contribution in [1.82, 2.24) is 20.4 Å². The number of aromatic nitrogens is 2. The van der Waals surface area contributed by atoms with Crippen molar-refractivity contribution in [1.29, 1.82) is 0 Å².